The van der Waals surface area contributed by atoms with Crippen LogP contribution >= 0.6 is 0 Å². The molecule has 2 aliphatic heterocycles. The Bertz CT molecular complexity index is 1250. The van der Waals surface area contributed by atoms with Gasteiger partial charge in [-0.3, -0.25) is 4.79 Å². The monoisotopic (exact) mass is 579 g/mol. The van der Waals surface area contributed by atoms with Crippen molar-refractivity contribution in [2.45, 2.75) is 58.2 Å². The molecule has 1 saturated heterocycles. The van der Waals surface area contributed by atoms with E-state index in [1.54, 1.807) is 24.2 Å². The summed E-state index contributed by atoms with van der Waals surface area (Å²) in [6.45, 7) is 6.12. The maximum atomic E-state index is 15.5. The summed E-state index contributed by atoms with van der Waals surface area (Å²) in [5.74, 6) is -0.141. The van der Waals surface area contributed by atoms with Gasteiger partial charge in [0, 0.05) is 64.4 Å². The van der Waals surface area contributed by atoms with Crippen molar-refractivity contribution in [2.24, 2.45) is 10.9 Å². The summed E-state index contributed by atoms with van der Waals surface area (Å²) < 4.78 is 57.5. The standard InChI is InChI=1S/C29H37F4N5O3/c1-5-36(3)28(38-12-10-19(11-13-38)14-26(39)40)34-17-18(2)20-6-8-22(23(30)15-20)27-35-24-16-21(41-29(31,32)33)7-9-25(24)37(27)4/h6-9,16-17,19,23,27,35H,5,10-15H2,1-4H3,(H,39,40). The Labute approximate surface area is 237 Å². The zero-order valence-corrected chi connectivity index (χ0v) is 23.7. The number of likely N-dealkylation sites (N-methyl/N-ethyl adjacent to an activating group) is 1. The van der Waals surface area contributed by atoms with E-state index in [-0.39, 0.29) is 24.5 Å². The summed E-state index contributed by atoms with van der Waals surface area (Å²) in [7, 11) is 3.72. The molecular formula is C29H37F4N5O3. The van der Waals surface area contributed by atoms with Gasteiger partial charge in [-0.2, -0.15) is 0 Å². The van der Waals surface area contributed by atoms with Gasteiger partial charge >= 0.3 is 12.3 Å². The second kappa shape index (κ2) is 12.4. The Kier molecular flexibility index (Phi) is 9.18. The molecule has 2 unspecified atom stereocenters. The maximum absolute atomic E-state index is 15.5. The number of hydrogen-bond donors (Lipinski definition) is 2. The van der Waals surface area contributed by atoms with Crippen LogP contribution in [0.25, 0.3) is 0 Å². The third kappa shape index (κ3) is 7.34. The summed E-state index contributed by atoms with van der Waals surface area (Å²) in [5, 5.41) is 12.2. The van der Waals surface area contributed by atoms with E-state index >= 15 is 4.39 Å². The van der Waals surface area contributed by atoms with Gasteiger partial charge in [-0.05, 0) is 55.9 Å². The second-order valence-electron chi connectivity index (χ2n) is 10.7. The molecule has 1 aromatic carbocycles. The minimum Gasteiger partial charge on any atom is -0.481 e. The molecule has 0 radical (unpaired) electrons. The summed E-state index contributed by atoms with van der Waals surface area (Å²) in [4.78, 5) is 21.8. The Morgan fingerprint density at radius 1 is 1.27 bits per heavy atom. The number of carboxylic acids is 1. The van der Waals surface area contributed by atoms with E-state index in [1.807, 2.05) is 31.9 Å². The van der Waals surface area contributed by atoms with Crippen LogP contribution in [0.15, 0.2) is 58.3 Å². The third-order valence-electron chi connectivity index (χ3n) is 7.87. The molecule has 0 saturated carbocycles. The normalized spacial score (nSPS) is 22.1. The quantitative estimate of drug-likeness (QED) is 0.241. The molecule has 41 heavy (non-hydrogen) atoms. The molecule has 4 rings (SSSR count). The highest BCUT2D eigenvalue weighted by Gasteiger charge is 2.36. The maximum Gasteiger partial charge on any atom is 0.573 e. The SMILES string of the molecule is CCN(C)C(=NC=C(C)C1=CC=C(C2Nc3cc(OC(F)(F)F)ccc3N2C)C(F)C1)N1CCC(CC(=O)O)CC1. The molecule has 0 bridgehead atoms. The molecule has 0 amide bonds. The average Bonchev–Trinajstić information content (AvgIpc) is 3.23. The first-order valence-electron chi connectivity index (χ1n) is 13.7. The molecule has 3 aliphatic rings. The molecule has 12 heteroatoms. The van der Waals surface area contributed by atoms with E-state index < -0.39 is 24.7 Å². The Hall–Kier alpha value is -3.70. The molecule has 1 fully saturated rings. The van der Waals surface area contributed by atoms with Gasteiger partial charge in [0.1, 0.15) is 18.1 Å². The minimum absolute atomic E-state index is 0.147. The number of allylic oxidation sites excluding steroid dienone is 4. The predicted octanol–water partition coefficient (Wildman–Crippen LogP) is 5.77. The van der Waals surface area contributed by atoms with Crippen molar-refractivity contribution in [1.29, 1.82) is 0 Å². The molecule has 0 spiro atoms. The number of halogens is 4. The Balaban J connectivity index is 1.47. The second-order valence-corrected chi connectivity index (χ2v) is 10.7. The van der Waals surface area contributed by atoms with E-state index in [1.165, 1.54) is 18.2 Å². The van der Waals surface area contributed by atoms with Gasteiger partial charge in [0.05, 0.1) is 11.4 Å². The zero-order chi connectivity index (χ0) is 29.9. The van der Waals surface area contributed by atoms with Crippen LogP contribution in [0.3, 0.4) is 0 Å². The fraction of sp³-hybridized carbons (Fsp3) is 0.517. The van der Waals surface area contributed by atoms with Crippen LogP contribution in [0.4, 0.5) is 28.9 Å². The molecule has 2 N–H and O–H groups in total. The first-order chi connectivity index (χ1) is 19.4. The largest absolute Gasteiger partial charge is 0.573 e. The summed E-state index contributed by atoms with van der Waals surface area (Å²) in [6.07, 6.45) is 0.612. The van der Waals surface area contributed by atoms with Crippen LogP contribution in [0.5, 0.6) is 5.75 Å². The number of benzene rings is 1. The lowest BCUT2D eigenvalue weighted by Gasteiger charge is -2.36. The van der Waals surface area contributed by atoms with Gasteiger partial charge < -0.3 is 29.9 Å². The fourth-order valence-electron chi connectivity index (χ4n) is 5.45. The number of aliphatic carboxylic acids is 1. The van der Waals surface area contributed by atoms with Crippen LogP contribution in [0.2, 0.25) is 0 Å². The lowest BCUT2D eigenvalue weighted by Crippen LogP contribution is -2.46. The molecule has 1 aromatic rings. The van der Waals surface area contributed by atoms with Crippen LogP contribution in [0, 0.1) is 5.92 Å². The van der Waals surface area contributed by atoms with Crippen LogP contribution < -0.4 is 15.0 Å². The smallest absolute Gasteiger partial charge is 0.481 e. The number of nitrogens with one attached hydrogen (secondary N) is 1. The highest BCUT2D eigenvalue weighted by molar-refractivity contribution is 5.81. The van der Waals surface area contributed by atoms with Gasteiger partial charge in [0.2, 0.25) is 5.96 Å². The number of rotatable bonds is 7. The number of ether oxygens (including phenoxy) is 1. The van der Waals surface area contributed by atoms with Gasteiger partial charge in [-0.25, -0.2) is 9.38 Å². The zero-order valence-electron chi connectivity index (χ0n) is 23.7. The van der Waals surface area contributed by atoms with Crippen molar-refractivity contribution in [3.05, 3.63) is 53.3 Å². The first-order valence-corrected chi connectivity index (χ1v) is 13.7. The lowest BCUT2D eigenvalue weighted by atomic mass is 9.91. The summed E-state index contributed by atoms with van der Waals surface area (Å²) >= 11 is 0. The van der Waals surface area contributed by atoms with Crippen molar-refractivity contribution < 1.29 is 32.2 Å². The van der Waals surface area contributed by atoms with E-state index in [0.29, 0.717) is 16.9 Å². The molecular weight excluding hydrogens is 542 g/mol. The molecule has 2 heterocycles. The number of alkyl halides is 4. The number of guanidine groups is 1. The lowest BCUT2D eigenvalue weighted by molar-refractivity contribution is -0.274. The minimum atomic E-state index is -4.80. The Morgan fingerprint density at radius 2 is 1.98 bits per heavy atom. The molecule has 8 nitrogen and oxygen atoms in total. The van der Waals surface area contributed by atoms with Gasteiger partial charge in [0.15, 0.2) is 0 Å². The number of likely N-dealkylation sites (tertiary alicyclic amines) is 1. The van der Waals surface area contributed by atoms with Crippen molar-refractivity contribution in [3.8, 4) is 5.75 Å². The first kappa shape index (κ1) is 30.3. The van der Waals surface area contributed by atoms with Crippen molar-refractivity contribution in [2.75, 3.05) is 43.9 Å². The van der Waals surface area contributed by atoms with Crippen molar-refractivity contribution in [3.63, 3.8) is 0 Å². The van der Waals surface area contributed by atoms with Crippen LogP contribution in [-0.4, -0.2) is 79.3 Å². The number of fused-ring (bicyclic) bond motifs is 1. The topological polar surface area (TPSA) is 80.6 Å². The highest BCUT2D eigenvalue weighted by atomic mass is 19.4. The number of nitrogens with zero attached hydrogens (tertiary/aromatic N) is 4. The number of aliphatic imine (C=N–C) groups is 1. The van der Waals surface area contributed by atoms with E-state index in [2.05, 4.69) is 15.0 Å². The van der Waals surface area contributed by atoms with Crippen molar-refractivity contribution in [1.82, 2.24) is 9.80 Å². The molecule has 224 valence electrons. The van der Waals surface area contributed by atoms with Gasteiger partial charge in [-0.15, -0.1) is 13.2 Å². The average molecular weight is 580 g/mol. The highest BCUT2D eigenvalue weighted by Crippen LogP contribution is 2.41. The van der Waals surface area contributed by atoms with E-state index in [9.17, 15) is 18.0 Å². The number of piperidine rings is 1. The van der Waals surface area contributed by atoms with Crippen molar-refractivity contribution >= 4 is 23.3 Å². The summed E-state index contributed by atoms with van der Waals surface area (Å²) in [6, 6.07) is 4.03. The fourth-order valence-corrected chi connectivity index (χ4v) is 5.45. The molecule has 0 aromatic heterocycles. The third-order valence-corrected chi connectivity index (χ3v) is 7.87. The van der Waals surface area contributed by atoms with E-state index in [4.69, 9.17) is 10.1 Å². The number of hydrogen-bond acceptors (Lipinski definition) is 5. The summed E-state index contributed by atoms with van der Waals surface area (Å²) in [5.41, 5.74) is 3.21. The number of carboxylic acid groups (broad SMARTS) is 1. The van der Waals surface area contributed by atoms with Crippen LogP contribution in [0.1, 0.15) is 39.5 Å². The number of anilines is 2. The van der Waals surface area contributed by atoms with Crippen LogP contribution in [-0.2, 0) is 4.79 Å². The van der Waals surface area contributed by atoms with Gasteiger partial charge in [-0.1, -0.05) is 12.2 Å². The predicted molar refractivity (Wildman–Crippen MR) is 151 cm³/mol. The molecule has 1 aliphatic carbocycles. The van der Waals surface area contributed by atoms with Gasteiger partial charge in [0.25, 0.3) is 0 Å². The Morgan fingerprint density at radius 3 is 2.59 bits per heavy atom. The number of carbonyl (C=O) groups is 1. The van der Waals surface area contributed by atoms with E-state index in [0.717, 1.165) is 49.6 Å². The molecule has 2 atom stereocenters.